The highest BCUT2D eigenvalue weighted by Gasteiger charge is 2.65. The molecular weight excluding hydrogens is 422 g/mol. The van der Waals surface area contributed by atoms with Gasteiger partial charge in [-0.15, -0.1) is 0 Å². The number of ether oxygens (including phenoxy) is 1. The first-order valence-corrected chi connectivity index (χ1v) is 12.4. The number of esters is 1. The Kier molecular flexibility index (Phi) is 6.49. The summed E-state index contributed by atoms with van der Waals surface area (Å²) < 4.78 is 4.84. The molecule has 4 rings (SSSR count). The van der Waals surface area contributed by atoms with E-state index < -0.39 is 0 Å². The van der Waals surface area contributed by atoms with Gasteiger partial charge in [-0.05, 0) is 86.4 Å². The molecule has 33 heavy (non-hydrogen) atoms. The average Bonchev–Trinajstić information content (AvgIpc) is 3.18. The Balaban J connectivity index is 1.67. The van der Waals surface area contributed by atoms with E-state index in [1.54, 1.807) is 0 Å². The molecule has 184 valence electrons. The molecule has 0 aromatic rings. The summed E-state index contributed by atoms with van der Waals surface area (Å²) in [5, 5.41) is 40.9. The number of rotatable bonds is 4. The summed E-state index contributed by atoms with van der Waals surface area (Å²) in [6, 6.07) is 0. The van der Waals surface area contributed by atoms with Gasteiger partial charge in [0.15, 0.2) is 0 Å². The molecule has 4 fully saturated rings. The molecule has 4 saturated carbocycles. The van der Waals surface area contributed by atoms with E-state index in [1.165, 1.54) is 7.11 Å². The maximum atomic E-state index is 11.7. The molecule has 0 aliphatic heterocycles. The molecule has 0 bridgehead atoms. The van der Waals surface area contributed by atoms with Gasteiger partial charge in [-0.1, -0.05) is 36.2 Å². The maximum absolute atomic E-state index is 11.7. The first-order valence-electron chi connectivity index (χ1n) is 12.4. The monoisotopic (exact) mass is 461 g/mol. The van der Waals surface area contributed by atoms with Crippen molar-refractivity contribution in [2.24, 2.45) is 61.8 Å². The van der Waals surface area contributed by atoms with Crippen LogP contribution in [0.5, 0.6) is 0 Å². The van der Waals surface area contributed by atoms with Gasteiger partial charge in [0.25, 0.3) is 0 Å². The highest BCUT2D eigenvalue weighted by molar-refractivity contribution is 5.97. The summed E-state index contributed by atoms with van der Waals surface area (Å²) in [4.78, 5) is 11.7. The van der Waals surface area contributed by atoms with Gasteiger partial charge in [-0.2, -0.15) is 0 Å². The molecule has 3 N–H and O–H groups in total. The minimum absolute atomic E-state index is 0.0128. The zero-order chi connectivity index (χ0) is 24.0. The van der Waals surface area contributed by atoms with E-state index >= 15 is 0 Å². The van der Waals surface area contributed by atoms with Gasteiger partial charge in [-0.3, -0.25) is 4.79 Å². The number of oxime groups is 3. The van der Waals surface area contributed by atoms with E-state index in [1.807, 2.05) is 0 Å². The summed E-state index contributed by atoms with van der Waals surface area (Å²) in [7, 11) is 1.42. The summed E-state index contributed by atoms with van der Waals surface area (Å²) in [6.07, 6.45) is 6.97. The Bertz CT molecular complexity index is 870. The quantitative estimate of drug-likeness (QED) is 0.311. The molecule has 8 atom stereocenters. The molecule has 8 heteroatoms. The maximum Gasteiger partial charge on any atom is 0.305 e. The van der Waals surface area contributed by atoms with Crippen molar-refractivity contribution in [3.63, 3.8) is 0 Å². The smallest absolute Gasteiger partial charge is 0.305 e. The van der Waals surface area contributed by atoms with Crippen molar-refractivity contribution in [2.45, 2.75) is 78.6 Å². The number of hydrogen-bond acceptors (Lipinski definition) is 8. The van der Waals surface area contributed by atoms with Crippen LogP contribution in [-0.2, 0) is 9.53 Å². The third-order valence-corrected chi connectivity index (χ3v) is 10.4. The summed E-state index contributed by atoms with van der Waals surface area (Å²) in [5.74, 6) is 1.27. The van der Waals surface area contributed by atoms with E-state index in [2.05, 4.69) is 36.2 Å². The van der Waals surface area contributed by atoms with Gasteiger partial charge in [0.05, 0.1) is 24.2 Å². The number of hydrogen-bond donors (Lipinski definition) is 3. The summed E-state index contributed by atoms with van der Waals surface area (Å²) in [5.41, 5.74) is 2.26. The molecule has 0 aromatic heterocycles. The molecule has 0 radical (unpaired) electrons. The van der Waals surface area contributed by atoms with Crippen LogP contribution in [0, 0.1) is 46.3 Å². The van der Waals surface area contributed by atoms with Crippen LogP contribution in [0.1, 0.15) is 78.6 Å². The van der Waals surface area contributed by atoms with Crippen molar-refractivity contribution in [3.8, 4) is 0 Å². The van der Waals surface area contributed by atoms with Crippen LogP contribution in [-0.4, -0.2) is 45.8 Å². The second kappa shape index (κ2) is 8.91. The first kappa shape index (κ1) is 24.0. The predicted molar refractivity (Wildman–Crippen MR) is 124 cm³/mol. The number of carbonyl (C=O) groups is 1. The van der Waals surface area contributed by atoms with Crippen LogP contribution in [0.2, 0.25) is 0 Å². The van der Waals surface area contributed by atoms with Crippen molar-refractivity contribution in [2.75, 3.05) is 7.11 Å². The molecule has 8 unspecified atom stereocenters. The molecule has 0 heterocycles. The fourth-order valence-electron chi connectivity index (χ4n) is 8.45. The van der Waals surface area contributed by atoms with Crippen molar-refractivity contribution in [3.05, 3.63) is 0 Å². The van der Waals surface area contributed by atoms with Crippen LogP contribution in [0.15, 0.2) is 15.5 Å². The standard InChI is InChI=1S/C25H39N3O5/c1-14(5-8-22(29)33-4)17-6-7-18-23-19(13-21(28-32)25(17,18)3)24(2)10-9-16(26-30)11-15(24)12-20(23)27-31/h14-15,17-19,23,30-32H,5-13H2,1-4H3/b26-16+,27-20+,28-21-. The van der Waals surface area contributed by atoms with Crippen LogP contribution in [0.4, 0.5) is 0 Å². The van der Waals surface area contributed by atoms with Crippen LogP contribution < -0.4 is 0 Å². The van der Waals surface area contributed by atoms with Crippen molar-refractivity contribution < 1.29 is 25.2 Å². The SMILES string of the molecule is COC(=O)CCC(C)C1CCC2C3/C(=N/O)CC4C/C(=N/O)CCC4(C)C3C/C(=N/O)C12C. The summed E-state index contributed by atoms with van der Waals surface area (Å²) >= 11 is 0. The second-order valence-electron chi connectivity index (χ2n) is 11.4. The van der Waals surface area contributed by atoms with E-state index in [0.29, 0.717) is 25.2 Å². The Morgan fingerprint density at radius 3 is 2.48 bits per heavy atom. The highest BCUT2D eigenvalue weighted by Crippen LogP contribution is 2.66. The number of methoxy groups -OCH3 is 1. The zero-order valence-corrected chi connectivity index (χ0v) is 20.3. The van der Waals surface area contributed by atoms with E-state index in [4.69, 9.17) is 4.74 Å². The van der Waals surface area contributed by atoms with Crippen LogP contribution >= 0.6 is 0 Å². The molecule has 0 amide bonds. The number of carbonyl (C=O) groups excluding carboxylic acids is 1. The minimum atomic E-state index is -0.295. The predicted octanol–water partition coefficient (Wildman–Crippen LogP) is 4.95. The lowest BCUT2D eigenvalue weighted by molar-refractivity contribution is -0.141. The van der Waals surface area contributed by atoms with E-state index in [0.717, 1.165) is 55.7 Å². The highest BCUT2D eigenvalue weighted by atomic mass is 16.5. The average molecular weight is 462 g/mol. The largest absolute Gasteiger partial charge is 0.469 e. The molecule has 4 aliphatic carbocycles. The molecule has 0 saturated heterocycles. The Hall–Kier alpha value is -2.12. The Labute approximate surface area is 196 Å². The van der Waals surface area contributed by atoms with Crippen molar-refractivity contribution in [1.82, 2.24) is 0 Å². The van der Waals surface area contributed by atoms with Gasteiger partial charge in [0.2, 0.25) is 0 Å². The second-order valence-corrected chi connectivity index (χ2v) is 11.4. The molecule has 4 aliphatic rings. The van der Waals surface area contributed by atoms with Crippen LogP contribution in [0.3, 0.4) is 0 Å². The fraction of sp³-hybridized carbons (Fsp3) is 0.840. The summed E-state index contributed by atoms with van der Waals surface area (Å²) in [6.45, 7) is 6.76. The van der Waals surface area contributed by atoms with Crippen LogP contribution in [0.25, 0.3) is 0 Å². The lowest BCUT2D eigenvalue weighted by Crippen LogP contribution is -2.60. The van der Waals surface area contributed by atoms with Gasteiger partial charge < -0.3 is 20.4 Å². The minimum Gasteiger partial charge on any atom is -0.469 e. The van der Waals surface area contributed by atoms with Gasteiger partial charge in [-0.25, -0.2) is 0 Å². The molecule has 0 aromatic carbocycles. The van der Waals surface area contributed by atoms with Crippen molar-refractivity contribution in [1.29, 1.82) is 0 Å². The lowest BCUT2D eigenvalue weighted by atomic mass is 9.43. The Morgan fingerprint density at radius 2 is 1.85 bits per heavy atom. The number of nitrogens with zero attached hydrogens (tertiary/aromatic N) is 3. The molecular formula is C25H39N3O5. The van der Waals surface area contributed by atoms with Crippen molar-refractivity contribution >= 4 is 23.1 Å². The Morgan fingerprint density at radius 1 is 1.09 bits per heavy atom. The van der Waals surface area contributed by atoms with Gasteiger partial charge >= 0.3 is 5.97 Å². The van der Waals surface area contributed by atoms with Gasteiger partial charge in [0, 0.05) is 17.8 Å². The normalized spacial score (nSPS) is 44.8. The topological polar surface area (TPSA) is 124 Å². The van der Waals surface area contributed by atoms with E-state index in [-0.39, 0.29) is 46.4 Å². The molecule has 0 spiro atoms. The van der Waals surface area contributed by atoms with E-state index in [9.17, 15) is 20.4 Å². The fourth-order valence-corrected chi connectivity index (χ4v) is 8.45. The molecule has 8 nitrogen and oxygen atoms in total. The third-order valence-electron chi connectivity index (χ3n) is 10.4. The number of fused-ring (bicyclic) bond motifs is 5. The van der Waals surface area contributed by atoms with Gasteiger partial charge in [0.1, 0.15) is 0 Å². The lowest BCUT2D eigenvalue weighted by Gasteiger charge is -2.60. The zero-order valence-electron chi connectivity index (χ0n) is 20.3. The third kappa shape index (κ3) is 3.64. The first-order chi connectivity index (χ1) is 15.7.